The molecule has 2 heterocycles. The summed E-state index contributed by atoms with van der Waals surface area (Å²) in [6, 6.07) is 8.12. The third-order valence-corrected chi connectivity index (χ3v) is 5.30. The number of piperazine rings is 1. The van der Waals surface area contributed by atoms with Crippen LogP contribution in [0.2, 0.25) is 0 Å². The van der Waals surface area contributed by atoms with Gasteiger partial charge in [0.25, 0.3) is 0 Å². The Morgan fingerprint density at radius 3 is 2.20 bits per heavy atom. The van der Waals surface area contributed by atoms with E-state index in [9.17, 15) is 4.79 Å². The lowest BCUT2D eigenvalue weighted by molar-refractivity contribution is -0.133. The van der Waals surface area contributed by atoms with E-state index in [4.69, 9.17) is 9.47 Å². The van der Waals surface area contributed by atoms with Gasteiger partial charge >= 0.3 is 0 Å². The maximum Gasteiger partial charge on any atom is 0.236 e. The smallest absolute Gasteiger partial charge is 0.236 e. The minimum absolute atomic E-state index is 0.255. The predicted molar refractivity (Wildman–Crippen MR) is 98.3 cm³/mol. The fraction of sp³-hybridized carbons (Fsp3) is 0.632. The molecule has 3 rings (SSSR count). The Kier molecular flexibility index (Phi) is 6.15. The number of ether oxygens (including phenoxy) is 2. The predicted octanol–water partition coefficient (Wildman–Crippen LogP) is 1.45. The Morgan fingerprint density at radius 1 is 1.00 bits per heavy atom. The molecule has 0 saturated carbocycles. The number of rotatable bonds is 5. The molecule has 0 spiro atoms. The Morgan fingerprint density at radius 2 is 1.64 bits per heavy atom. The van der Waals surface area contributed by atoms with Crippen LogP contribution in [0.15, 0.2) is 24.3 Å². The van der Waals surface area contributed by atoms with E-state index in [1.165, 1.54) is 5.69 Å². The number of hydrogen-bond acceptors (Lipinski definition) is 5. The second-order valence-corrected chi connectivity index (χ2v) is 6.78. The van der Waals surface area contributed by atoms with Crippen LogP contribution in [0.25, 0.3) is 0 Å². The molecule has 1 aromatic rings. The van der Waals surface area contributed by atoms with Crippen molar-refractivity contribution in [3.8, 4) is 5.75 Å². The highest BCUT2D eigenvalue weighted by Crippen LogP contribution is 2.20. The van der Waals surface area contributed by atoms with Crippen LogP contribution in [0.3, 0.4) is 0 Å². The number of amides is 1. The number of piperidine rings is 1. The molecule has 138 valence electrons. The van der Waals surface area contributed by atoms with Gasteiger partial charge in [0, 0.05) is 52.1 Å². The zero-order chi connectivity index (χ0) is 17.6. The first-order valence-electron chi connectivity index (χ1n) is 9.11. The number of hydrogen-bond donors (Lipinski definition) is 0. The average molecular weight is 347 g/mol. The van der Waals surface area contributed by atoms with Gasteiger partial charge in [-0.15, -0.1) is 0 Å². The average Bonchev–Trinajstić information content (AvgIpc) is 2.69. The van der Waals surface area contributed by atoms with Gasteiger partial charge in [0.2, 0.25) is 5.91 Å². The summed E-state index contributed by atoms with van der Waals surface area (Å²) in [6.07, 6.45) is 2.41. The van der Waals surface area contributed by atoms with Gasteiger partial charge in [-0.3, -0.25) is 9.69 Å². The highest BCUT2D eigenvalue weighted by molar-refractivity contribution is 5.78. The fourth-order valence-corrected chi connectivity index (χ4v) is 3.60. The second kappa shape index (κ2) is 8.54. The van der Waals surface area contributed by atoms with Gasteiger partial charge in [0.15, 0.2) is 0 Å². The third kappa shape index (κ3) is 4.64. The molecule has 2 fully saturated rings. The van der Waals surface area contributed by atoms with Crippen LogP contribution in [-0.4, -0.2) is 81.8 Å². The summed E-state index contributed by atoms with van der Waals surface area (Å²) in [5, 5.41) is 0. The van der Waals surface area contributed by atoms with Crippen LogP contribution >= 0.6 is 0 Å². The zero-order valence-electron chi connectivity index (χ0n) is 15.3. The van der Waals surface area contributed by atoms with E-state index in [0.29, 0.717) is 12.6 Å². The third-order valence-electron chi connectivity index (χ3n) is 5.30. The maximum atomic E-state index is 12.6. The van der Waals surface area contributed by atoms with Crippen molar-refractivity contribution >= 4 is 11.6 Å². The van der Waals surface area contributed by atoms with Gasteiger partial charge in [0.1, 0.15) is 5.75 Å². The van der Waals surface area contributed by atoms with E-state index in [1.54, 1.807) is 14.2 Å². The standard InChI is InChI=1S/C19H29N3O3/c1-24-17-5-3-16(4-6-17)21-11-13-22(14-12-21)19(23)15-20-9-7-18(25-2)8-10-20/h3-6,18H,7-15H2,1-2H3. The van der Waals surface area contributed by atoms with Crippen LogP contribution in [0.5, 0.6) is 5.75 Å². The van der Waals surface area contributed by atoms with Crippen LogP contribution in [0.4, 0.5) is 5.69 Å². The van der Waals surface area contributed by atoms with Gasteiger partial charge in [-0.1, -0.05) is 0 Å². The van der Waals surface area contributed by atoms with Crippen LogP contribution in [0.1, 0.15) is 12.8 Å². The van der Waals surface area contributed by atoms with Crippen molar-refractivity contribution in [1.29, 1.82) is 0 Å². The molecule has 0 aliphatic carbocycles. The first-order chi connectivity index (χ1) is 12.2. The molecule has 1 amide bonds. The lowest BCUT2D eigenvalue weighted by Crippen LogP contribution is -2.52. The molecule has 0 radical (unpaired) electrons. The second-order valence-electron chi connectivity index (χ2n) is 6.78. The number of benzene rings is 1. The minimum Gasteiger partial charge on any atom is -0.497 e. The van der Waals surface area contributed by atoms with Gasteiger partial charge in [-0.2, -0.15) is 0 Å². The van der Waals surface area contributed by atoms with Gasteiger partial charge in [-0.05, 0) is 37.1 Å². The SMILES string of the molecule is COc1ccc(N2CCN(C(=O)CN3CCC(OC)CC3)CC2)cc1. The Balaban J connectivity index is 1.44. The normalized spacial score (nSPS) is 19.9. The molecule has 2 saturated heterocycles. The van der Waals surface area contributed by atoms with Crippen molar-refractivity contribution in [2.24, 2.45) is 0 Å². The van der Waals surface area contributed by atoms with E-state index >= 15 is 0 Å². The highest BCUT2D eigenvalue weighted by atomic mass is 16.5. The monoisotopic (exact) mass is 347 g/mol. The van der Waals surface area contributed by atoms with Crippen molar-refractivity contribution in [2.45, 2.75) is 18.9 Å². The van der Waals surface area contributed by atoms with E-state index in [1.807, 2.05) is 17.0 Å². The molecule has 2 aliphatic heterocycles. The summed E-state index contributed by atoms with van der Waals surface area (Å²) < 4.78 is 10.6. The van der Waals surface area contributed by atoms with E-state index in [0.717, 1.165) is 57.9 Å². The van der Waals surface area contributed by atoms with Crippen molar-refractivity contribution in [3.63, 3.8) is 0 Å². The molecule has 6 nitrogen and oxygen atoms in total. The van der Waals surface area contributed by atoms with Crippen molar-refractivity contribution in [2.75, 3.05) is 64.9 Å². The first-order valence-corrected chi connectivity index (χ1v) is 9.11. The summed E-state index contributed by atoms with van der Waals surface area (Å²) >= 11 is 0. The molecule has 0 aromatic heterocycles. The summed E-state index contributed by atoms with van der Waals surface area (Å²) in [5.74, 6) is 1.13. The Labute approximate surface area is 150 Å². The van der Waals surface area contributed by atoms with Gasteiger partial charge in [0.05, 0.1) is 19.8 Å². The molecule has 0 bridgehead atoms. The summed E-state index contributed by atoms with van der Waals surface area (Å²) in [4.78, 5) is 19.1. The van der Waals surface area contributed by atoms with Gasteiger partial charge < -0.3 is 19.3 Å². The van der Waals surface area contributed by atoms with E-state index in [-0.39, 0.29) is 5.91 Å². The lowest BCUT2D eigenvalue weighted by atomic mass is 10.1. The number of methoxy groups -OCH3 is 2. The minimum atomic E-state index is 0.255. The Hall–Kier alpha value is -1.79. The Bertz CT molecular complexity index is 548. The van der Waals surface area contributed by atoms with Crippen molar-refractivity contribution in [1.82, 2.24) is 9.80 Å². The molecule has 2 aliphatic rings. The van der Waals surface area contributed by atoms with E-state index < -0.39 is 0 Å². The molecular formula is C19H29N3O3. The maximum absolute atomic E-state index is 12.6. The topological polar surface area (TPSA) is 45.2 Å². The number of carbonyl (C=O) groups excluding carboxylic acids is 1. The highest BCUT2D eigenvalue weighted by Gasteiger charge is 2.25. The number of nitrogens with zero attached hydrogens (tertiary/aromatic N) is 3. The molecule has 1 aromatic carbocycles. The largest absolute Gasteiger partial charge is 0.497 e. The van der Waals surface area contributed by atoms with Crippen LogP contribution in [0, 0.1) is 0 Å². The summed E-state index contributed by atoms with van der Waals surface area (Å²) in [6.45, 7) is 5.79. The molecule has 25 heavy (non-hydrogen) atoms. The van der Waals surface area contributed by atoms with Crippen LogP contribution < -0.4 is 9.64 Å². The number of likely N-dealkylation sites (tertiary alicyclic amines) is 1. The molecule has 6 heteroatoms. The zero-order valence-corrected chi connectivity index (χ0v) is 15.3. The molecule has 0 unspecified atom stereocenters. The molecule has 0 atom stereocenters. The van der Waals surface area contributed by atoms with Crippen molar-refractivity contribution < 1.29 is 14.3 Å². The first kappa shape index (κ1) is 18.0. The molecule has 0 N–H and O–H groups in total. The lowest BCUT2D eigenvalue weighted by Gasteiger charge is -2.38. The fourth-order valence-electron chi connectivity index (χ4n) is 3.60. The number of carbonyl (C=O) groups is 1. The van der Waals surface area contributed by atoms with E-state index in [2.05, 4.69) is 21.9 Å². The summed E-state index contributed by atoms with van der Waals surface area (Å²) in [7, 11) is 3.45. The van der Waals surface area contributed by atoms with Crippen molar-refractivity contribution in [3.05, 3.63) is 24.3 Å². The quantitative estimate of drug-likeness (QED) is 0.807. The number of anilines is 1. The van der Waals surface area contributed by atoms with Gasteiger partial charge in [-0.25, -0.2) is 0 Å². The van der Waals surface area contributed by atoms with Crippen LogP contribution in [-0.2, 0) is 9.53 Å². The summed E-state index contributed by atoms with van der Waals surface area (Å²) in [5.41, 5.74) is 1.19. The molecular weight excluding hydrogens is 318 g/mol.